The number of nitrogens with one attached hydrogen (secondary N) is 1. The van der Waals surface area contributed by atoms with Crippen LogP contribution >= 0.6 is 0 Å². The van der Waals surface area contributed by atoms with E-state index < -0.39 is 36.5 Å². The van der Waals surface area contributed by atoms with Gasteiger partial charge in [-0.25, -0.2) is 21.2 Å². The van der Waals surface area contributed by atoms with Gasteiger partial charge in [0.1, 0.15) is 5.82 Å². The number of sulfone groups is 1. The minimum absolute atomic E-state index is 0.0874. The molecule has 0 atom stereocenters. The Hall–Kier alpha value is -2.53. The summed E-state index contributed by atoms with van der Waals surface area (Å²) in [6.45, 7) is 2.82. The van der Waals surface area contributed by atoms with E-state index in [1.807, 2.05) is 0 Å². The van der Waals surface area contributed by atoms with Crippen molar-refractivity contribution in [3.8, 4) is 0 Å². The van der Waals surface area contributed by atoms with Crippen LogP contribution in [0.1, 0.15) is 11.1 Å². The maximum Gasteiger partial charge on any atom is 0.305 e. The molecule has 0 aromatic heterocycles. The number of hydrogen-bond donors (Lipinski definition) is 1. The molecule has 0 aliphatic carbocycles. The minimum Gasteiger partial charge on any atom is -0.280 e. The van der Waals surface area contributed by atoms with Gasteiger partial charge in [0.05, 0.1) is 9.79 Å². The third-order valence-electron chi connectivity index (χ3n) is 3.42. The molecule has 0 bridgehead atoms. The second kappa shape index (κ2) is 7.00. The summed E-state index contributed by atoms with van der Waals surface area (Å²) in [6, 6.07) is 6.71. The number of halogens is 1. The lowest BCUT2D eigenvalue weighted by Gasteiger charge is -2.13. The van der Waals surface area contributed by atoms with Gasteiger partial charge in [-0.1, -0.05) is 0 Å². The highest BCUT2D eigenvalue weighted by Gasteiger charge is 2.26. The van der Waals surface area contributed by atoms with Crippen LogP contribution in [0.4, 0.5) is 10.1 Å². The van der Waals surface area contributed by atoms with Gasteiger partial charge in [0.25, 0.3) is 10.0 Å². The summed E-state index contributed by atoms with van der Waals surface area (Å²) >= 11 is 0. The molecule has 0 saturated carbocycles. The van der Waals surface area contributed by atoms with E-state index in [-0.39, 0.29) is 26.6 Å². The summed E-state index contributed by atoms with van der Waals surface area (Å²) in [5, 5.41) is 10.6. The first-order valence-corrected chi connectivity index (χ1v) is 10.3. The molecular formula is C15H15FN2O6S2. The monoisotopic (exact) mass is 402 g/mol. The van der Waals surface area contributed by atoms with Crippen molar-refractivity contribution in [1.29, 1.82) is 0 Å². The van der Waals surface area contributed by atoms with E-state index in [0.29, 0.717) is 0 Å². The topological polar surface area (TPSA) is 123 Å². The van der Waals surface area contributed by atoms with Crippen molar-refractivity contribution in [3.05, 3.63) is 63.5 Å². The summed E-state index contributed by atoms with van der Waals surface area (Å²) in [5.74, 6) is -1.84. The van der Waals surface area contributed by atoms with Gasteiger partial charge in [-0.05, 0) is 61.4 Å². The number of anilines is 1. The number of nitro groups is 1. The van der Waals surface area contributed by atoms with Crippen LogP contribution in [0.25, 0.3) is 0 Å². The first-order valence-electron chi connectivity index (χ1n) is 7.16. The normalized spacial score (nSPS) is 12.0. The first-order chi connectivity index (χ1) is 11.9. The standard InChI is InChI=1S/C15H15FN2O6S2/c1-10-7-13(8-11(2)15(10)25(21,22)9-18(19)20)17-26(23,24)14-5-3-12(16)4-6-14/h3-8,17H,9H2,1-2H3. The Balaban J connectivity index is 2.42. The van der Waals surface area contributed by atoms with E-state index in [1.165, 1.54) is 26.0 Å². The third kappa shape index (κ3) is 4.35. The second-order valence-electron chi connectivity index (χ2n) is 5.58. The fourth-order valence-corrected chi connectivity index (χ4v) is 5.08. The maximum atomic E-state index is 12.9. The average Bonchev–Trinajstić information content (AvgIpc) is 2.44. The molecular weight excluding hydrogens is 387 g/mol. The molecule has 2 aromatic rings. The zero-order valence-electron chi connectivity index (χ0n) is 13.8. The number of nitrogens with zero attached hydrogens (tertiary/aromatic N) is 1. The Labute approximate surface area is 149 Å². The summed E-state index contributed by atoms with van der Waals surface area (Å²) in [4.78, 5) is 9.23. The van der Waals surface area contributed by atoms with Crippen molar-refractivity contribution in [3.63, 3.8) is 0 Å². The van der Waals surface area contributed by atoms with E-state index >= 15 is 0 Å². The van der Waals surface area contributed by atoms with E-state index in [1.54, 1.807) is 0 Å². The average molecular weight is 402 g/mol. The fourth-order valence-electron chi connectivity index (χ4n) is 2.53. The zero-order chi connectivity index (χ0) is 19.7. The Bertz CT molecular complexity index is 1040. The van der Waals surface area contributed by atoms with E-state index in [2.05, 4.69) is 4.72 Å². The number of aryl methyl sites for hydroxylation is 2. The van der Waals surface area contributed by atoms with Crippen molar-refractivity contribution in [2.75, 3.05) is 10.6 Å². The summed E-state index contributed by atoms with van der Waals surface area (Å²) < 4.78 is 64.1. The number of benzene rings is 2. The molecule has 0 radical (unpaired) electrons. The molecule has 140 valence electrons. The van der Waals surface area contributed by atoms with Gasteiger partial charge in [-0.3, -0.25) is 14.8 Å². The van der Waals surface area contributed by atoms with Gasteiger partial charge in [0.15, 0.2) is 0 Å². The highest BCUT2D eigenvalue weighted by molar-refractivity contribution is 7.92. The lowest BCUT2D eigenvalue weighted by Crippen LogP contribution is -2.18. The number of rotatable bonds is 6. The van der Waals surface area contributed by atoms with Crippen molar-refractivity contribution in [2.24, 2.45) is 0 Å². The van der Waals surface area contributed by atoms with Crippen molar-refractivity contribution in [2.45, 2.75) is 23.6 Å². The smallest absolute Gasteiger partial charge is 0.280 e. The SMILES string of the molecule is Cc1cc(NS(=O)(=O)c2ccc(F)cc2)cc(C)c1S(=O)(=O)C[N+](=O)[O-]. The van der Waals surface area contributed by atoms with Crippen LogP contribution in [-0.2, 0) is 19.9 Å². The summed E-state index contributed by atoms with van der Waals surface area (Å²) in [5.41, 5.74) is 0.427. The molecule has 0 aliphatic heterocycles. The van der Waals surface area contributed by atoms with Crippen LogP contribution in [0, 0.1) is 29.8 Å². The van der Waals surface area contributed by atoms with Gasteiger partial charge in [0.2, 0.25) is 9.84 Å². The van der Waals surface area contributed by atoms with Gasteiger partial charge in [-0.15, -0.1) is 0 Å². The van der Waals surface area contributed by atoms with Crippen LogP contribution < -0.4 is 4.72 Å². The summed E-state index contributed by atoms with van der Waals surface area (Å²) in [6.07, 6.45) is 0. The van der Waals surface area contributed by atoms with Gasteiger partial charge in [0, 0.05) is 10.6 Å². The van der Waals surface area contributed by atoms with Crippen LogP contribution in [0.2, 0.25) is 0 Å². The highest BCUT2D eigenvalue weighted by Crippen LogP contribution is 2.27. The molecule has 0 heterocycles. The third-order valence-corrected chi connectivity index (χ3v) is 6.64. The lowest BCUT2D eigenvalue weighted by atomic mass is 10.1. The van der Waals surface area contributed by atoms with Crippen LogP contribution in [0.5, 0.6) is 0 Å². The van der Waals surface area contributed by atoms with E-state index in [4.69, 9.17) is 0 Å². The van der Waals surface area contributed by atoms with Crippen LogP contribution in [0.15, 0.2) is 46.2 Å². The van der Waals surface area contributed by atoms with Crippen molar-refractivity contribution >= 4 is 25.5 Å². The van der Waals surface area contributed by atoms with Crippen LogP contribution in [-0.4, -0.2) is 27.6 Å². The highest BCUT2D eigenvalue weighted by atomic mass is 32.2. The van der Waals surface area contributed by atoms with Crippen LogP contribution in [0.3, 0.4) is 0 Å². The van der Waals surface area contributed by atoms with Gasteiger partial charge < -0.3 is 0 Å². The number of sulfonamides is 1. The molecule has 0 amide bonds. The largest absolute Gasteiger partial charge is 0.305 e. The summed E-state index contributed by atoms with van der Waals surface area (Å²) in [7, 11) is -8.16. The molecule has 0 spiro atoms. The molecule has 0 fully saturated rings. The van der Waals surface area contributed by atoms with E-state index in [0.717, 1.165) is 24.3 Å². The molecule has 0 saturated heterocycles. The zero-order valence-corrected chi connectivity index (χ0v) is 15.4. The Morgan fingerprint density at radius 1 is 1.04 bits per heavy atom. The molecule has 11 heteroatoms. The second-order valence-corrected chi connectivity index (χ2v) is 9.15. The molecule has 0 unspecified atom stereocenters. The predicted molar refractivity (Wildman–Crippen MR) is 92.2 cm³/mol. The quantitative estimate of drug-likeness (QED) is 0.584. The first kappa shape index (κ1) is 19.8. The molecule has 8 nitrogen and oxygen atoms in total. The molecule has 2 aromatic carbocycles. The fraction of sp³-hybridized carbons (Fsp3) is 0.200. The Kier molecular flexibility index (Phi) is 5.33. The van der Waals surface area contributed by atoms with Crippen molar-refractivity contribution < 1.29 is 26.1 Å². The molecule has 0 aliphatic rings. The van der Waals surface area contributed by atoms with E-state index in [9.17, 15) is 31.3 Å². The van der Waals surface area contributed by atoms with Gasteiger partial charge >= 0.3 is 5.88 Å². The molecule has 26 heavy (non-hydrogen) atoms. The number of hydrogen-bond acceptors (Lipinski definition) is 6. The van der Waals surface area contributed by atoms with Gasteiger partial charge in [-0.2, -0.15) is 0 Å². The van der Waals surface area contributed by atoms with Crippen molar-refractivity contribution in [1.82, 2.24) is 0 Å². The Morgan fingerprint density at radius 3 is 2.00 bits per heavy atom. The molecule has 2 rings (SSSR count). The predicted octanol–water partition coefficient (Wildman–Crippen LogP) is 2.25. The molecule has 1 N–H and O–H groups in total. The Morgan fingerprint density at radius 2 is 1.54 bits per heavy atom. The maximum absolute atomic E-state index is 12.9. The minimum atomic E-state index is -4.16. The lowest BCUT2D eigenvalue weighted by molar-refractivity contribution is -0.458.